The number of halogens is 1. The predicted molar refractivity (Wildman–Crippen MR) is 173 cm³/mol. The van der Waals surface area contributed by atoms with Gasteiger partial charge < -0.3 is 34.9 Å². The summed E-state index contributed by atoms with van der Waals surface area (Å²) in [4.78, 5) is 39.4. The lowest BCUT2D eigenvalue weighted by atomic mass is 9.92. The minimum absolute atomic E-state index is 0.0523. The third kappa shape index (κ3) is 7.93. The zero-order valence-corrected chi connectivity index (χ0v) is 25.7. The van der Waals surface area contributed by atoms with Gasteiger partial charge >= 0.3 is 0 Å². The summed E-state index contributed by atoms with van der Waals surface area (Å²) in [5.41, 5.74) is 5.43. The molecular weight excluding hydrogens is 561 g/mol. The molecule has 2 atom stereocenters. The smallest absolute Gasteiger partial charge is 0.292 e. The number of piperazine rings is 1. The number of nitrogens with zero attached hydrogens (tertiary/aromatic N) is 3. The first kappa shape index (κ1) is 32.5. The van der Waals surface area contributed by atoms with Gasteiger partial charge in [0.2, 0.25) is 5.91 Å². The predicted octanol–water partition coefficient (Wildman–Crippen LogP) is 4.08. The topological polar surface area (TPSA) is 94.2 Å². The highest BCUT2D eigenvalue weighted by atomic mass is 19.1. The summed E-state index contributed by atoms with van der Waals surface area (Å²) in [6.45, 7) is 4.75. The second-order valence-electron chi connectivity index (χ2n) is 11.0. The number of rotatable bonds is 11. The maximum atomic E-state index is 15.2. The first-order valence-corrected chi connectivity index (χ1v) is 14.9. The van der Waals surface area contributed by atoms with Crippen molar-refractivity contribution >= 4 is 41.4 Å². The van der Waals surface area contributed by atoms with E-state index in [4.69, 9.17) is 4.79 Å². The number of ether oxygens (including phenoxy) is 1. The van der Waals surface area contributed by atoms with E-state index in [1.165, 1.54) is 13.2 Å². The van der Waals surface area contributed by atoms with E-state index in [2.05, 4.69) is 49.4 Å². The SMILES string of the molecule is CNCC1CC(=O)N(c2ccc(N3CCN(c4ccc(CC(C=O)c5ccccc5NC)cc4)CC3)c(F)c2)C1.COC=O. The Bertz CT molecular complexity index is 1390. The van der Waals surface area contributed by atoms with Crippen LogP contribution in [0.3, 0.4) is 0 Å². The number of aldehydes is 1. The molecule has 9 nitrogen and oxygen atoms in total. The second-order valence-corrected chi connectivity index (χ2v) is 11.0. The Morgan fingerprint density at radius 2 is 1.61 bits per heavy atom. The molecule has 2 saturated heterocycles. The molecule has 44 heavy (non-hydrogen) atoms. The van der Waals surface area contributed by atoms with E-state index >= 15 is 4.39 Å². The van der Waals surface area contributed by atoms with E-state index < -0.39 is 0 Å². The monoisotopic (exact) mass is 603 g/mol. The van der Waals surface area contributed by atoms with Crippen LogP contribution in [0, 0.1) is 11.7 Å². The molecule has 0 radical (unpaired) electrons. The Balaban J connectivity index is 0.00000104. The van der Waals surface area contributed by atoms with Gasteiger partial charge in [-0.25, -0.2) is 4.39 Å². The van der Waals surface area contributed by atoms with Crippen molar-refractivity contribution in [1.82, 2.24) is 5.32 Å². The summed E-state index contributed by atoms with van der Waals surface area (Å²) in [6.07, 6.45) is 2.17. The summed E-state index contributed by atoms with van der Waals surface area (Å²) in [5.74, 6) is -0.192. The Hall–Kier alpha value is -4.44. The molecule has 0 spiro atoms. The van der Waals surface area contributed by atoms with Gasteiger partial charge in [-0.1, -0.05) is 30.3 Å². The van der Waals surface area contributed by atoms with Crippen LogP contribution in [0.1, 0.15) is 23.5 Å². The molecule has 5 rings (SSSR count). The van der Waals surface area contributed by atoms with Crippen LogP contribution < -0.4 is 25.3 Å². The van der Waals surface area contributed by atoms with Crippen LogP contribution >= 0.6 is 0 Å². The lowest BCUT2D eigenvalue weighted by molar-refractivity contribution is -0.126. The zero-order chi connectivity index (χ0) is 31.5. The molecule has 0 aromatic heterocycles. The van der Waals surface area contributed by atoms with Crippen LogP contribution in [0.4, 0.5) is 27.1 Å². The maximum absolute atomic E-state index is 15.2. The number of amides is 1. The van der Waals surface area contributed by atoms with Gasteiger partial charge in [0.1, 0.15) is 12.1 Å². The van der Waals surface area contributed by atoms with Crippen molar-refractivity contribution in [2.75, 3.05) is 80.5 Å². The van der Waals surface area contributed by atoms with Crippen LogP contribution in [-0.4, -0.2) is 79.1 Å². The molecule has 1 amide bonds. The fourth-order valence-electron chi connectivity index (χ4n) is 5.96. The van der Waals surface area contributed by atoms with Gasteiger partial charge in [0, 0.05) is 69.2 Å². The highest BCUT2D eigenvalue weighted by molar-refractivity contribution is 5.96. The van der Waals surface area contributed by atoms with Crippen LogP contribution in [0.2, 0.25) is 0 Å². The molecule has 10 heteroatoms. The quantitative estimate of drug-likeness (QED) is 0.317. The van der Waals surface area contributed by atoms with Crippen molar-refractivity contribution in [2.45, 2.75) is 18.8 Å². The number of methoxy groups -OCH3 is 1. The summed E-state index contributed by atoms with van der Waals surface area (Å²) in [5, 5.41) is 6.30. The normalized spacial score (nSPS) is 17.0. The standard InChI is InChI=1S/C32H38FN5O2.C2H4O2/c1-34-20-24-18-32(40)38(21-24)27-11-12-31(29(33)19-27)37-15-13-36(14-16-37)26-9-7-23(8-10-26)17-25(22-39)28-5-3-4-6-30(28)35-2;1-4-2-3/h3-12,19,22,24-25,34-35H,13-18,20-21H2,1-2H3;2H,1H3. The average Bonchev–Trinajstić information content (AvgIpc) is 3.44. The molecule has 2 unspecified atom stereocenters. The van der Waals surface area contributed by atoms with Gasteiger partial charge in [0.05, 0.1) is 12.8 Å². The van der Waals surface area contributed by atoms with Gasteiger partial charge in [0.25, 0.3) is 6.47 Å². The zero-order valence-electron chi connectivity index (χ0n) is 25.7. The molecule has 0 bridgehead atoms. The number of anilines is 4. The van der Waals surface area contributed by atoms with Gasteiger partial charge in [-0.3, -0.25) is 9.59 Å². The van der Waals surface area contributed by atoms with E-state index in [1.54, 1.807) is 4.90 Å². The number of benzene rings is 3. The minimum Gasteiger partial charge on any atom is -0.471 e. The highest BCUT2D eigenvalue weighted by Gasteiger charge is 2.31. The fraction of sp³-hybridized carbons (Fsp3) is 0.382. The first-order chi connectivity index (χ1) is 21.4. The molecule has 3 aromatic rings. The number of hydrogen-bond acceptors (Lipinski definition) is 8. The van der Waals surface area contributed by atoms with E-state index in [-0.39, 0.29) is 23.6 Å². The summed E-state index contributed by atoms with van der Waals surface area (Å²) >= 11 is 0. The van der Waals surface area contributed by atoms with Gasteiger partial charge in [0.15, 0.2) is 0 Å². The lowest BCUT2D eigenvalue weighted by Crippen LogP contribution is -2.46. The third-order valence-electron chi connectivity index (χ3n) is 8.21. The average molecular weight is 604 g/mol. The molecule has 2 heterocycles. The van der Waals surface area contributed by atoms with Crippen molar-refractivity contribution in [3.05, 3.63) is 83.7 Å². The highest BCUT2D eigenvalue weighted by Crippen LogP contribution is 2.31. The molecule has 2 aliphatic heterocycles. The van der Waals surface area contributed by atoms with Crippen LogP contribution in [0.5, 0.6) is 0 Å². The van der Waals surface area contributed by atoms with Gasteiger partial charge in [-0.15, -0.1) is 0 Å². The second kappa shape index (κ2) is 15.9. The number of nitrogens with one attached hydrogen (secondary N) is 2. The number of hydrogen-bond donors (Lipinski definition) is 2. The molecular formula is C34H42FN5O4. The van der Waals surface area contributed by atoms with E-state index in [0.29, 0.717) is 50.3 Å². The number of carbonyl (C=O) groups excluding carboxylic acids is 3. The van der Waals surface area contributed by atoms with Crippen molar-refractivity contribution < 1.29 is 23.5 Å². The van der Waals surface area contributed by atoms with Crippen LogP contribution in [-0.2, 0) is 25.5 Å². The Morgan fingerprint density at radius 3 is 2.23 bits per heavy atom. The number of para-hydroxylation sites is 1. The molecule has 0 aliphatic carbocycles. The van der Waals surface area contributed by atoms with E-state index in [1.807, 2.05) is 50.5 Å². The van der Waals surface area contributed by atoms with E-state index in [9.17, 15) is 9.59 Å². The Kier molecular flexibility index (Phi) is 11.7. The molecule has 2 fully saturated rings. The first-order valence-electron chi connectivity index (χ1n) is 14.9. The van der Waals surface area contributed by atoms with E-state index in [0.717, 1.165) is 48.4 Å². The Labute approximate surface area is 259 Å². The fourth-order valence-corrected chi connectivity index (χ4v) is 5.96. The molecule has 3 aromatic carbocycles. The molecule has 2 aliphatic rings. The minimum atomic E-state index is -0.287. The lowest BCUT2D eigenvalue weighted by Gasteiger charge is -2.37. The van der Waals surface area contributed by atoms with Gasteiger partial charge in [-0.2, -0.15) is 0 Å². The summed E-state index contributed by atoms with van der Waals surface area (Å²) in [7, 11) is 5.07. The molecule has 2 N–H and O–H groups in total. The van der Waals surface area contributed by atoms with Crippen molar-refractivity contribution in [3.8, 4) is 0 Å². The maximum Gasteiger partial charge on any atom is 0.292 e. The third-order valence-corrected chi connectivity index (χ3v) is 8.21. The van der Waals surface area contributed by atoms with Crippen LogP contribution in [0.15, 0.2) is 66.7 Å². The molecule has 234 valence electrons. The van der Waals surface area contributed by atoms with Gasteiger partial charge in [-0.05, 0) is 73.5 Å². The largest absolute Gasteiger partial charge is 0.471 e. The van der Waals surface area contributed by atoms with Crippen molar-refractivity contribution in [2.24, 2.45) is 5.92 Å². The van der Waals surface area contributed by atoms with Crippen molar-refractivity contribution in [3.63, 3.8) is 0 Å². The summed E-state index contributed by atoms with van der Waals surface area (Å²) < 4.78 is 19.1. The number of carbonyl (C=O) groups is 3. The summed E-state index contributed by atoms with van der Waals surface area (Å²) in [6, 6.07) is 21.5. The molecule has 0 saturated carbocycles. The van der Waals surface area contributed by atoms with Crippen LogP contribution in [0.25, 0.3) is 0 Å². The Morgan fingerprint density at radius 1 is 0.955 bits per heavy atom. The van der Waals surface area contributed by atoms with Crippen molar-refractivity contribution in [1.29, 1.82) is 0 Å².